The molecule has 0 aromatic rings. The average molecular weight is 260 g/mol. The van der Waals surface area contributed by atoms with Crippen LogP contribution in [0.15, 0.2) is 27.9 Å². The summed E-state index contributed by atoms with van der Waals surface area (Å²) in [7, 11) is 0. The van der Waals surface area contributed by atoms with Crippen LogP contribution in [0.3, 0.4) is 0 Å². The third kappa shape index (κ3) is 6.57. The maximum atomic E-state index is 12.1. The van der Waals surface area contributed by atoms with Gasteiger partial charge in [0.05, 0.1) is 0 Å². The number of hydrogen-bond acceptors (Lipinski definition) is 1. The number of alkyl halides is 3. The molecule has 0 aliphatic rings. The zero-order valence-corrected chi connectivity index (χ0v) is 9.71. The van der Waals surface area contributed by atoms with Gasteiger partial charge in [-0.1, -0.05) is 30.1 Å². The number of halogens is 5. The Balaban J connectivity index is 4.75. The van der Waals surface area contributed by atoms with Gasteiger partial charge in [0.1, 0.15) is 10.3 Å². The summed E-state index contributed by atoms with van der Waals surface area (Å²) in [6.45, 7) is 2.73. The molecule has 0 aromatic heterocycles. The molecule has 0 atom stereocenters. The first-order valence-corrected chi connectivity index (χ1v) is 4.88. The van der Waals surface area contributed by atoms with Crippen LogP contribution in [0, 0.1) is 0 Å². The molecule has 0 spiro atoms. The SMILES string of the molecule is CC/C=C(Cl)/N=C(Cl)\C=C(/C)C(F)(F)F. The molecule has 0 bridgehead atoms. The third-order valence-corrected chi connectivity index (χ3v) is 1.80. The highest BCUT2D eigenvalue weighted by Gasteiger charge is 2.29. The van der Waals surface area contributed by atoms with Crippen molar-refractivity contribution in [3.8, 4) is 0 Å². The molecule has 0 heterocycles. The smallest absolute Gasteiger partial charge is 0.225 e. The van der Waals surface area contributed by atoms with E-state index >= 15 is 0 Å². The van der Waals surface area contributed by atoms with Gasteiger partial charge in [0, 0.05) is 5.57 Å². The van der Waals surface area contributed by atoms with Crippen molar-refractivity contribution < 1.29 is 13.2 Å². The molecule has 0 rings (SSSR count). The minimum Gasteiger partial charge on any atom is -0.225 e. The maximum absolute atomic E-state index is 12.1. The second-order valence-corrected chi connectivity index (χ2v) is 3.47. The summed E-state index contributed by atoms with van der Waals surface area (Å²) >= 11 is 11.0. The van der Waals surface area contributed by atoms with Gasteiger partial charge in [-0.05, 0) is 25.5 Å². The number of nitrogens with zero attached hydrogens (tertiary/aromatic N) is 1. The Morgan fingerprint density at radius 3 is 2.27 bits per heavy atom. The topological polar surface area (TPSA) is 12.4 Å². The van der Waals surface area contributed by atoms with E-state index < -0.39 is 11.7 Å². The lowest BCUT2D eigenvalue weighted by molar-refractivity contribution is -0.0911. The van der Waals surface area contributed by atoms with Gasteiger partial charge in [0.2, 0.25) is 0 Å². The van der Waals surface area contributed by atoms with Crippen molar-refractivity contribution in [2.45, 2.75) is 26.4 Å². The summed E-state index contributed by atoms with van der Waals surface area (Å²) < 4.78 is 36.2. The van der Waals surface area contributed by atoms with E-state index in [1.165, 1.54) is 0 Å². The van der Waals surface area contributed by atoms with E-state index in [4.69, 9.17) is 23.2 Å². The maximum Gasteiger partial charge on any atom is 0.412 e. The molecule has 0 aromatic carbocycles. The molecule has 0 saturated heterocycles. The average Bonchev–Trinajstić information content (AvgIpc) is 2.01. The normalized spacial score (nSPS) is 15.8. The fourth-order valence-corrected chi connectivity index (χ4v) is 1.15. The van der Waals surface area contributed by atoms with Crippen LogP contribution in [0.2, 0.25) is 0 Å². The fraction of sp³-hybridized carbons (Fsp3) is 0.444. The van der Waals surface area contributed by atoms with Gasteiger partial charge >= 0.3 is 6.18 Å². The molecule has 86 valence electrons. The molecule has 0 amide bonds. The van der Waals surface area contributed by atoms with Crippen LogP contribution in [0.4, 0.5) is 13.2 Å². The Labute approximate surface area is 96.3 Å². The minimum absolute atomic E-state index is 0.0775. The Morgan fingerprint density at radius 1 is 1.33 bits per heavy atom. The van der Waals surface area contributed by atoms with Crippen LogP contribution in [-0.2, 0) is 0 Å². The van der Waals surface area contributed by atoms with Crippen molar-refractivity contribution >= 4 is 28.4 Å². The van der Waals surface area contributed by atoms with Crippen molar-refractivity contribution in [1.29, 1.82) is 0 Å². The lowest BCUT2D eigenvalue weighted by Gasteiger charge is -2.04. The van der Waals surface area contributed by atoms with E-state index in [1.807, 2.05) is 6.92 Å². The number of rotatable bonds is 3. The van der Waals surface area contributed by atoms with E-state index in [2.05, 4.69) is 4.99 Å². The Hall–Kier alpha value is -0.480. The summed E-state index contributed by atoms with van der Waals surface area (Å²) in [5.41, 5.74) is -0.822. The summed E-state index contributed by atoms with van der Waals surface area (Å²) in [6.07, 6.45) is -1.49. The van der Waals surface area contributed by atoms with Crippen molar-refractivity contribution in [3.63, 3.8) is 0 Å². The number of aliphatic imine (C=N–C) groups is 1. The van der Waals surface area contributed by atoms with Crippen molar-refractivity contribution in [3.05, 3.63) is 22.9 Å². The summed E-state index contributed by atoms with van der Waals surface area (Å²) in [6, 6.07) is 0. The predicted octanol–water partition coefficient (Wildman–Crippen LogP) is 4.62. The Morgan fingerprint density at radius 2 is 1.87 bits per heavy atom. The minimum atomic E-state index is -4.39. The summed E-state index contributed by atoms with van der Waals surface area (Å²) in [5.74, 6) is 0. The van der Waals surface area contributed by atoms with Crippen LogP contribution in [0.25, 0.3) is 0 Å². The second kappa shape index (κ2) is 6.18. The van der Waals surface area contributed by atoms with Crippen LogP contribution >= 0.6 is 23.2 Å². The van der Waals surface area contributed by atoms with Gasteiger partial charge in [0.15, 0.2) is 0 Å². The predicted molar refractivity (Wildman–Crippen MR) is 57.3 cm³/mol. The quantitative estimate of drug-likeness (QED) is 0.518. The van der Waals surface area contributed by atoms with E-state index in [1.54, 1.807) is 6.08 Å². The van der Waals surface area contributed by atoms with Gasteiger partial charge in [-0.15, -0.1) is 0 Å². The highest BCUT2D eigenvalue weighted by Crippen LogP contribution is 2.25. The molecule has 0 radical (unpaired) electrons. The van der Waals surface area contributed by atoms with Crippen molar-refractivity contribution in [2.75, 3.05) is 0 Å². The first-order chi connectivity index (χ1) is 6.77. The lowest BCUT2D eigenvalue weighted by Crippen LogP contribution is -2.09. The van der Waals surface area contributed by atoms with Crippen molar-refractivity contribution in [1.82, 2.24) is 0 Å². The first kappa shape index (κ1) is 14.5. The van der Waals surface area contributed by atoms with Gasteiger partial charge in [-0.25, -0.2) is 4.99 Å². The number of hydrogen-bond donors (Lipinski definition) is 0. The molecule has 15 heavy (non-hydrogen) atoms. The third-order valence-electron chi connectivity index (χ3n) is 1.37. The molecular formula is C9H10Cl2F3N. The standard InChI is InChI=1S/C9H10Cl2F3N/c1-3-4-7(10)15-8(11)5-6(2)9(12,13)14/h4-5H,3H2,1-2H3/b6-5+,7-4+,15-8+. The van der Waals surface area contributed by atoms with Crippen LogP contribution < -0.4 is 0 Å². The largest absolute Gasteiger partial charge is 0.412 e. The molecule has 1 nitrogen and oxygen atoms in total. The molecule has 0 saturated carbocycles. The van der Waals surface area contributed by atoms with E-state index in [9.17, 15) is 13.2 Å². The van der Waals surface area contributed by atoms with Crippen molar-refractivity contribution in [2.24, 2.45) is 4.99 Å². The highest BCUT2D eigenvalue weighted by molar-refractivity contribution is 6.68. The van der Waals surface area contributed by atoms with Gasteiger partial charge < -0.3 is 0 Å². The zero-order chi connectivity index (χ0) is 12.1. The Kier molecular flexibility index (Phi) is 5.98. The van der Waals surface area contributed by atoms with E-state index in [0.29, 0.717) is 6.42 Å². The van der Waals surface area contributed by atoms with E-state index in [-0.39, 0.29) is 10.3 Å². The molecule has 0 N–H and O–H groups in total. The molecule has 0 aliphatic carbocycles. The summed E-state index contributed by atoms with van der Waals surface area (Å²) in [5, 5.41) is -0.215. The van der Waals surface area contributed by atoms with Crippen LogP contribution in [-0.4, -0.2) is 11.3 Å². The Bertz CT molecular complexity index is 303. The van der Waals surface area contributed by atoms with Gasteiger partial charge in [-0.3, -0.25) is 0 Å². The van der Waals surface area contributed by atoms with Gasteiger partial charge in [-0.2, -0.15) is 13.2 Å². The fourth-order valence-electron chi connectivity index (χ4n) is 0.609. The second-order valence-electron chi connectivity index (χ2n) is 2.69. The van der Waals surface area contributed by atoms with E-state index in [0.717, 1.165) is 13.0 Å². The first-order valence-electron chi connectivity index (χ1n) is 4.12. The molecule has 0 aliphatic heterocycles. The van der Waals surface area contributed by atoms with Gasteiger partial charge in [0.25, 0.3) is 0 Å². The molecule has 6 heteroatoms. The zero-order valence-electron chi connectivity index (χ0n) is 8.20. The molecule has 0 fully saturated rings. The highest BCUT2D eigenvalue weighted by atomic mass is 35.5. The van der Waals surface area contributed by atoms with Crippen LogP contribution in [0.1, 0.15) is 20.3 Å². The lowest BCUT2D eigenvalue weighted by atomic mass is 10.3. The molecule has 0 unspecified atom stereocenters. The number of allylic oxidation sites excluding steroid dienone is 3. The van der Waals surface area contributed by atoms with Crippen LogP contribution in [0.5, 0.6) is 0 Å². The summed E-state index contributed by atoms with van der Waals surface area (Å²) in [4.78, 5) is 3.55. The monoisotopic (exact) mass is 259 g/mol. The molecular weight excluding hydrogens is 250 g/mol.